The number of nitrogens with one attached hydrogen (secondary N) is 2. The fraction of sp³-hybridized carbons (Fsp3) is 0.909. The molecule has 0 aromatic rings. The summed E-state index contributed by atoms with van der Waals surface area (Å²) in [6.07, 6.45) is 3.35. The van der Waals surface area contributed by atoms with E-state index in [9.17, 15) is 4.79 Å². The molecule has 15 heavy (non-hydrogen) atoms. The molecule has 0 aliphatic carbocycles. The van der Waals surface area contributed by atoms with Crippen LogP contribution in [0.5, 0.6) is 0 Å². The molecule has 3 unspecified atom stereocenters. The Bertz CT molecular complexity index is 227. The van der Waals surface area contributed by atoms with Crippen molar-refractivity contribution in [3.05, 3.63) is 0 Å². The smallest absolute Gasteiger partial charge is 0.225 e. The summed E-state index contributed by atoms with van der Waals surface area (Å²) in [6, 6.07) is 0.478. The van der Waals surface area contributed by atoms with Crippen molar-refractivity contribution in [1.29, 1.82) is 0 Å². The molecule has 2 N–H and O–H groups in total. The molecule has 3 atom stereocenters. The van der Waals surface area contributed by atoms with Crippen molar-refractivity contribution >= 4 is 5.91 Å². The van der Waals surface area contributed by atoms with E-state index in [1.54, 1.807) is 0 Å². The highest BCUT2D eigenvalue weighted by Gasteiger charge is 2.30. The molecule has 2 rings (SSSR count). The van der Waals surface area contributed by atoms with Gasteiger partial charge < -0.3 is 15.4 Å². The number of hydrogen-bond acceptors (Lipinski definition) is 3. The van der Waals surface area contributed by atoms with Crippen LogP contribution in [0.15, 0.2) is 0 Å². The minimum Gasteiger partial charge on any atom is -0.378 e. The molecular weight excluding hydrogens is 192 g/mol. The van der Waals surface area contributed by atoms with Crippen LogP contribution in [0, 0.1) is 5.92 Å². The van der Waals surface area contributed by atoms with Crippen molar-refractivity contribution in [1.82, 2.24) is 10.6 Å². The molecule has 86 valence electrons. The largest absolute Gasteiger partial charge is 0.378 e. The second-order valence-corrected chi connectivity index (χ2v) is 4.51. The topological polar surface area (TPSA) is 50.4 Å². The minimum absolute atomic E-state index is 0.0615. The molecule has 0 saturated carbocycles. The van der Waals surface area contributed by atoms with Gasteiger partial charge in [0.1, 0.15) is 0 Å². The van der Waals surface area contributed by atoms with Crippen molar-refractivity contribution in [2.75, 3.05) is 19.7 Å². The number of ether oxygens (including phenoxy) is 1. The van der Waals surface area contributed by atoms with Gasteiger partial charge in [0.15, 0.2) is 0 Å². The summed E-state index contributed by atoms with van der Waals surface area (Å²) in [5.41, 5.74) is 0. The van der Waals surface area contributed by atoms with E-state index in [1.807, 2.05) is 6.92 Å². The highest BCUT2D eigenvalue weighted by atomic mass is 16.5. The average molecular weight is 212 g/mol. The zero-order valence-corrected chi connectivity index (χ0v) is 9.29. The maximum Gasteiger partial charge on any atom is 0.225 e. The van der Waals surface area contributed by atoms with Crippen LogP contribution < -0.4 is 10.6 Å². The first kappa shape index (κ1) is 10.9. The molecule has 4 nitrogen and oxygen atoms in total. The van der Waals surface area contributed by atoms with Gasteiger partial charge in [-0.05, 0) is 32.7 Å². The predicted molar refractivity (Wildman–Crippen MR) is 57.6 cm³/mol. The number of amides is 1. The summed E-state index contributed by atoms with van der Waals surface area (Å²) in [5, 5.41) is 6.38. The van der Waals surface area contributed by atoms with E-state index in [0.29, 0.717) is 6.04 Å². The third-order valence-corrected chi connectivity index (χ3v) is 3.40. The molecule has 2 fully saturated rings. The molecule has 0 radical (unpaired) electrons. The fourth-order valence-corrected chi connectivity index (χ4v) is 2.36. The van der Waals surface area contributed by atoms with Crippen LogP contribution in [-0.4, -0.2) is 37.7 Å². The van der Waals surface area contributed by atoms with Gasteiger partial charge in [-0.3, -0.25) is 4.79 Å². The van der Waals surface area contributed by atoms with Crippen LogP contribution in [-0.2, 0) is 9.53 Å². The Hall–Kier alpha value is -0.610. The molecule has 2 heterocycles. The van der Waals surface area contributed by atoms with Gasteiger partial charge >= 0.3 is 0 Å². The second-order valence-electron chi connectivity index (χ2n) is 4.51. The number of carbonyl (C=O) groups is 1. The van der Waals surface area contributed by atoms with Gasteiger partial charge in [-0.2, -0.15) is 0 Å². The summed E-state index contributed by atoms with van der Waals surface area (Å²) < 4.78 is 5.38. The quantitative estimate of drug-likeness (QED) is 0.706. The van der Waals surface area contributed by atoms with E-state index in [0.717, 1.165) is 26.1 Å². The maximum atomic E-state index is 11.8. The minimum atomic E-state index is 0.0615. The van der Waals surface area contributed by atoms with E-state index >= 15 is 0 Å². The number of rotatable bonds is 3. The van der Waals surface area contributed by atoms with Crippen molar-refractivity contribution in [2.45, 2.75) is 38.3 Å². The van der Waals surface area contributed by atoms with Gasteiger partial charge in [-0.15, -0.1) is 0 Å². The summed E-state index contributed by atoms with van der Waals surface area (Å²) in [4.78, 5) is 11.8. The zero-order chi connectivity index (χ0) is 10.7. The Balaban J connectivity index is 1.71. The lowest BCUT2D eigenvalue weighted by atomic mass is 10.0. The SMILES string of the molecule is CC1OCCC1C(=O)NCC1CCCN1. The highest BCUT2D eigenvalue weighted by Crippen LogP contribution is 2.20. The van der Waals surface area contributed by atoms with Gasteiger partial charge in [0.05, 0.1) is 12.0 Å². The Morgan fingerprint density at radius 1 is 1.53 bits per heavy atom. The molecule has 2 aliphatic rings. The van der Waals surface area contributed by atoms with Gasteiger partial charge in [0.25, 0.3) is 0 Å². The first-order chi connectivity index (χ1) is 7.27. The molecule has 0 spiro atoms. The number of hydrogen-bond donors (Lipinski definition) is 2. The Kier molecular flexibility index (Phi) is 3.59. The molecule has 4 heteroatoms. The summed E-state index contributed by atoms with van der Waals surface area (Å²) in [7, 11) is 0. The van der Waals surface area contributed by atoms with Crippen LogP contribution in [0.4, 0.5) is 0 Å². The molecular formula is C11H20N2O2. The first-order valence-electron chi connectivity index (χ1n) is 5.90. The van der Waals surface area contributed by atoms with E-state index in [4.69, 9.17) is 4.74 Å². The van der Waals surface area contributed by atoms with Crippen LogP contribution >= 0.6 is 0 Å². The van der Waals surface area contributed by atoms with Gasteiger partial charge in [0, 0.05) is 19.2 Å². The molecule has 2 aliphatic heterocycles. The van der Waals surface area contributed by atoms with Crippen molar-refractivity contribution in [3.63, 3.8) is 0 Å². The third-order valence-electron chi connectivity index (χ3n) is 3.40. The summed E-state index contributed by atoms with van der Waals surface area (Å²) in [5.74, 6) is 0.222. The van der Waals surface area contributed by atoms with E-state index in [2.05, 4.69) is 10.6 Å². The Labute approximate surface area is 90.8 Å². The normalized spacial score (nSPS) is 35.7. The van der Waals surface area contributed by atoms with E-state index < -0.39 is 0 Å². The fourth-order valence-electron chi connectivity index (χ4n) is 2.36. The first-order valence-corrected chi connectivity index (χ1v) is 5.90. The average Bonchev–Trinajstić information content (AvgIpc) is 2.84. The standard InChI is InChI=1S/C11H20N2O2/c1-8-10(4-6-15-8)11(14)13-7-9-3-2-5-12-9/h8-10,12H,2-7H2,1H3,(H,13,14). The summed E-state index contributed by atoms with van der Waals surface area (Å²) >= 11 is 0. The Morgan fingerprint density at radius 3 is 3.00 bits per heavy atom. The molecule has 1 amide bonds. The third kappa shape index (κ3) is 2.69. The van der Waals surface area contributed by atoms with Crippen LogP contribution in [0.3, 0.4) is 0 Å². The van der Waals surface area contributed by atoms with Gasteiger partial charge in [0.2, 0.25) is 5.91 Å². The lowest BCUT2D eigenvalue weighted by Gasteiger charge is -2.16. The predicted octanol–water partition coefficient (Wildman–Crippen LogP) is 0.280. The van der Waals surface area contributed by atoms with Crippen LogP contribution in [0.1, 0.15) is 26.2 Å². The number of carbonyl (C=O) groups excluding carboxylic acids is 1. The zero-order valence-electron chi connectivity index (χ0n) is 9.29. The van der Waals surface area contributed by atoms with Crippen molar-refractivity contribution < 1.29 is 9.53 Å². The lowest BCUT2D eigenvalue weighted by molar-refractivity contribution is -0.126. The Morgan fingerprint density at radius 2 is 2.40 bits per heavy atom. The van der Waals surface area contributed by atoms with E-state index in [1.165, 1.54) is 12.8 Å². The van der Waals surface area contributed by atoms with Gasteiger partial charge in [-0.1, -0.05) is 0 Å². The molecule has 0 aromatic heterocycles. The van der Waals surface area contributed by atoms with Crippen LogP contribution in [0.25, 0.3) is 0 Å². The highest BCUT2D eigenvalue weighted by molar-refractivity contribution is 5.79. The molecule has 0 bridgehead atoms. The van der Waals surface area contributed by atoms with Crippen molar-refractivity contribution in [2.24, 2.45) is 5.92 Å². The van der Waals surface area contributed by atoms with E-state index in [-0.39, 0.29) is 17.9 Å². The lowest BCUT2D eigenvalue weighted by Crippen LogP contribution is -2.41. The molecule has 2 saturated heterocycles. The van der Waals surface area contributed by atoms with Gasteiger partial charge in [-0.25, -0.2) is 0 Å². The van der Waals surface area contributed by atoms with Crippen LogP contribution in [0.2, 0.25) is 0 Å². The monoisotopic (exact) mass is 212 g/mol. The summed E-state index contributed by atoms with van der Waals surface area (Å²) in [6.45, 7) is 4.55. The second kappa shape index (κ2) is 4.94. The van der Waals surface area contributed by atoms with Crippen molar-refractivity contribution in [3.8, 4) is 0 Å². The molecule has 0 aromatic carbocycles. The maximum absolute atomic E-state index is 11.8.